The minimum absolute atomic E-state index is 0.0623. The van der Waals surface area contributed by atoms with Crippen molar-refractivity contribution in [3.05, 3.63) is 58.2 Å². The SMILES string of the molecule is Cc1cc(NC2CCC(NC(=O)c3ccc(F)c(Cl)c3)CC2)ncc1F. The number of carbonyl (C=O) groups is 1. The quantitative estimate of drug-likeness (QED) is 0.823. The van der Waals surface area contributed by atoms with Crippen LogP contribution in [0, 0.1) is 18.6 Å². The molecule has 1 aromatic heterocycles. The number of carbonyl (C=O) groups excluding carboxylic acids is 1. The molecule has 7 heteroatoms. The molecule has 3 rings (SSSR count). The number of nitrogens with zero attached hydrogens (tertiary/aromatic N) is 1. The molecule has 1 aromatic carbocycles. The van der Waals surface area contributed by atoms with E-state index < -0.39 is 5.82 Å². The highest BCUT2D eigenvalue weighted by molar-refractivity contribution is 6.31. The summed E-state index contributed by atoms with van der Waals surface area (Å²) in [7, 11) is 0. The van der Waals surface area contributed by atoms with Crippen molar-refractivity contribution in [1.29, 1.82) is 0 Å². The highest BCUT2D eigenvalue weighted by Gasteiger charge is 2.23. The molecule has 0 radical (unpaired) electrons. The number of hydrogen-bond donors (Lipinski definition) is 2. The predicted octanol–water partition coefficient (Wildman–Crippen LogP) is 4.47. The molecule has 1 amide bonds. The molecule has 1 fully saturated rings. The zero-order valence-electron chi connectivity index (χ0n) is 14.4. The summed E-state index contributed by atoms with van der Waals surface area (Å²) < 4.78 is 26.5. The molecule has 0 atom stereocenters. The van der Waals surface area contributed by atoms with Crippen LogP contribution in [-0.2, 0) is 0 Å². The molecule has 0 bridgehead atoms. The van der Waals surface area contributed by atoms with E-state index >= 15 is 0 Å². The van der Waals surface area contributed by atoms with Crippen LogP contribution >= 0.6 is 11.6 Å². The van der Waals surface area contributed by atoms with Crippen LogP contribution in [0.4, 0.5) is 14.6 Å². The van der Waals surface area contributed by atoms with E-state index in [0.717, 1.165) is 25.7 Å². The third-order valence-corrected chi connectivity index (χ3v) is 4.93. The maximum absolute atomic E-state index is 13.3. The van der Waals surface area contributed by atoms with E-state index in [1.54, 1.807) is 13.0 Å². The van der Waals surface area contributed by atoms with E-state index in [1.807, 2.05) is 0 Å². The number of halogens is 3. The molecule has 0 spiro atoms. The first kappa shape index (κ1) is 18.6. The van der Waals surface area contributed by atoms with Crippen LogP contribution < -0.4 is 10.6 Å². The molecule has 4 nitrogen and oxygen atoms in total. The van der Waals surface area contributed by atoms with Crippen molar-refractivity contribution in [2.45, 2.75) is 44.7 Å². The Hall–Kier alpha value is -2.21. The van der Waals surface area contributed by atoms with Crippen LogP contribution in [0.15, 0.2) is 30.5 Å². The van der Waals surface area contributed by atoms with Gasteiger partial charge in [0, 0.05) is 17.6 Å². The van der Waals surface area contributed by atoms with Gasteiger partial charge in [-0.25, -0.2) is 13.8 Å². The van der Waals surface area contributed by atoms with Crippen LogP contribution in [0.5, 0.6) is 0 Å². The van der Waals surface area contributed by atoms with Gasteiger partial charge in [0.1, 0.15) is 17.5 Å². The summed E-state index contributed by atoms with van der Waals surface area (Å²) in [6.45, 7) is 1.70. The number of hydrogen-bond acceptors (Lipinski definition) is 3. The zero-order valence-corrected chi connectivity index (χ0v) is 15.1. The van der Waals surface area contributed by atoms with Gasteiger partial charge in [-0.3, -0.25) is 4.79 Å². The van der Waals surface area contributed by atoms with Crippen molar-refractivity contribution >= 4 is 23.3 Å². The number of pyridine rings is 1. The highest BCUT2D eigenvalue weighted by Crippen LogP contribution is 2.23. The Balaban J connectivity index is 1.51. The van der Waals surface area contributed by atoms with Gasteiger partial charge < -0.3 is 10.6 Å². The molecule has 1 saturated carbocycles. The van der Waals surface area contributed by atoms with Crippen LogP contribution in [0.1, 0.15) is 41.6 Å². The number of aryl methyl sites for hydroxylation is 1. The Kier molecular flexibility index (Phi) is 5.71. The van der Waals surface area contributed by atoms with Gasteiger partial charge >= 0.3 is 0 Å². The number of aromatic nitrogens is 1. The Morgan fingerprint density at radius 1 is 1.12 bits per heavy atom. The lowest BCUT2D eigenvalue weighted by molar-refractivity contribution is 0.0926. The molecule has 138 valence electrons. The Morgan fingerprint density at radius 2 is 1.81 bits per heavy atom. The van der Waals surface area contributed by atoms with E-state index in [9.17, 15) is 13.6 Å². The first-order valence-corrected chi connectivity index (χ1v) is 8.95. The van der Waals surface area contributed by atoms with E-state index in [-0.39, 0.29) is 28.8 Å². The summed E-state index contributed by atoms with van der Waals surface area (Å²) in [5.74, 6) is -0.446. The zero-order chi connectivity index (χ0) is 18.7. The number of anilines is 1. The monoisotopic (exact) mass is 379 g/mol. The molecule has 26 heavy (non-hydrogen) atoms. The number of nitrogens with one attached hydrogen (secondary N) is 2. The Labute approximate surface area is 156 Å². The normalized spacial score (nSPS) is 19.8. The first-order valence-electron chi connectivity index (χ1n) is 8.57. The molecule has 1 aliphatic rings. The summed E-state index contributed by atoms with van der Waals surface area (Å²) in [6.07, 6.45) is 4.59. The average Bonchev–Trinajstić information content (AvgIpc) is 2.62. The predicted molar refractivity (Wildman–Crippen MR) is 97.5 cm³/mol. The van der Waals surface area contributed by atoms with Gasteiger partial charge in [-0.2, -0.15) is 0 Å². The second kappa shape index (κ2) is 7.99. The molecule has 1 heterocycles. The van der Waals surface area contributed by atoms with E-state index in [0.29, 0.717) is 16.9 Å². The van der Waals surface area contributed by atoms with Crippen LogP contribution in [0.25, 0.3) is 0 Å². The Morgan fingerprint density at radius 3 is 2.46 bits per heavy atom. The van der Waals surface area contributed by atoms with Crippen molar-refractivity contribution in [2.24, 2.45) is 0 Å². The fourth-order valence-electron chi connectivity index (χ4n) is 3.12. The number of benzene rings is 1. The molecule has 2 N–H and O–H groups in total. The number of amides is 1. The molecule has 0 saturated heterocycles. The molecular weight excluding hydrogens is 360 g/mol. The van der Waals surface area contributed by atoms with Gasteiger partial charge in [-0.15, -0.1) is 0 Å². The molecule has 2 aromatic rings. The minimum atomic E-state index is -0.542. The molecule has 0 unspecified atom stereocenters. The summed E-state index contributed by atoms with van der Waals surface area (Å²) in [6, 6.07) is 5.94. The van der Waals surface area contributed by atoms with Crippen LogP contribution in [0.2, 0.25) is 5.02 Å². The van der Waals surface area contributed by atoms with Gasteiger partial charge in [0.2, 0.25) is 0 Å². The van der Waals surface area contributed by atoms with Crippen molar-refractivity contribution < 1.29 is 13.6 Å². The minimum Gasteiger partial charge on any atom is -0.367 e. The third kappa shape index (κ3) is 4.49. The van der Waals surface area contributed by atoms with E-state index in [4.69, 9.17) is 11.6 Å². The standard InChI is InChI=1S/C19H20ClF2N3O/c1-11-8-18(23-10-17(11)22)24-13-3-5-14(6-4-13)25-19(26)12-2-7-16(21)15(20)9-12/h2,7-10,13-14H,3-6H2,1H3,(H,23,24)(H,25,26). The van der Waals surface area contributed by atoms with Crippen molar-refractivity contribution in [1.82, 2.24) is 10.3 Å². The van der Waals surface area contributed by atoms with Gasteiger partial charge in [0.05, 0.1) is 11.2 Å². The lowest BCUT2D eigenvalue weighted by atomic mass is 9.91. The smallest absolute Gasteiger partial charge is 0.251 e. The van der Waals surface area contributed by atoms with Gasteiger partial charge in [-0.05, 0) is 62.4 Å². The lowest BCUT2D eigenvalue weighted by Gasteiger charge is -2.30. The van der Waals surface area contributed by atoms with E-state index in [1.165, 1.54) is 24.4 Å². The maximum Gasteiger partial charge on any atom is 0.251 e. The topological polar surface area (TPSA) is 54.0 Å². The van der Waals surface area contributed by atoms with Crippen molar-refractivity contribution in [3.63, 3.8) is 0 Å². The fourth-order valence-corrected chi connectivity index (χ4v) is 3.30. The van der Waals surface area contributed by atoms with Gasteiger partial charge in [-0.1, -0.05) is 11.6 Å². The van der Waals surface area contributed by atoms with Crippen molar-refractivity contribution in [3.8, 4) is 0 Å². The van der Waals surface area contributed by atoms with Crippen molar-refractivity contribution in [2.75, 3.05) is 5.32 Å². The lowest BCUT2D eigenvalue weighted by Crippen LogP contribution is -2.40. The van der Waals surface area contributed by atoms with Gasteiger partial charge in [0.25, 0.3) is 5.91 Å². The molecule has 0 aliphatic heterocycles. The summed E-state index contributed by atoms with van der Waals surface area (Å²) in [5.41, 5.74) is 0.907. The van der Waals surface area contributed by atoms with E-state index in [2.05, 4.69) is 15.6 Å². The average molecular weight is 380 g/mol. The molecule has 1 aliphatic carbocycles. The third-order valence-electron chi connectivity index (χ3n) is 4.64. The first-order chi connectivity index (χ1) is 12.4. The summed E-state index contributed by atoms with van der Waals surface area (Å²) >= 11 is 5.72. The summed E-state index contributed by atoms with van der Waals surface area (Å²) in [4.78, 5) is 16.3. The van der Waals surface area contributed by atoms with Crippen LogP contribution in [-0.4, -0.2) is 23.0 Å². The second-order valence-corrected chi connectivity index (χ2v) is 7.02. The number of rotatable bonds is 4. The fraction of sp³-hybridized carbons (Fsp3) is 0.368. The second-order valence-electron chi connectivity index (χ2n) is 6.61. The largest absolute Gasteiger partial charge is 0.367 e. The highest BCUT2D eigenvalue weighted by atomic mass is 35.5. The van der Waals surface area contributed by atoms with Gasteiger partial charge in [0.15, 0.2) is 0 Å². The maximum atomic E-state index is 13.3. The Bertz CT molecular complexity index is 807. The molecular formula is C19H20ClF2N3O. The summed E-state index contributed by atoms with van der Waals surface area (Å²) in [5, 5.41) is 6.23. The van der Waals surface area contributed by atoms with Crippen LogP contribution in [0.3, 0.4) is 0 Å².